The van der Waals surface area contributed by atoms with Crippen LogP contribution in [0.2, 0.25) is 0 Å². The Kier molecular flexibility index (Phi) is 12.8. The number of anilines is 2. The van der Waals surface area contributed by atoms with Crippen molar-refractivity contribution in [3.63, 3.8) is 0 Å². The fourth-order valence-corrected chi connectivity index (χ4v) is 8.17. The van der Waals surface area contributed by atoms with E-state index in [0.717, 1.165) is 29.1 Å². The van der Waals surface area contributed by atoms with Gasteiger partial charge >= 0.3 is 0 Å². The van der Waals surface area contributed by atoms with Crippen molar-refractivity contribution in [2.24, 2.45) is 17.8 Å². The van der Waals surface area contributed by atoms with Gasteiger partial charge in [0.2, 0.25) is 0 Å². The van der Waals surface area contributed by atoms with Crippen molar-refractivity contribution in [2.45, 2.75) is 147 Å². The lowest BCUT2D eigenvalue weighted by Gasteiger charge is -2.44. The van der Waals surface area contributed by atoms with Crippen LogP contribution in [0.3, 0.4) is 0 Å². The van der Waals surface area contributed by atoms with Crippen molar-refractivity contribution in [1.82, 2.24) is 0 Å². The third-order valence-corrected chi connectivity index (χ3v) is 10.8. The van der Waals surface area contributed by atoms with Crippen LogP contribution in [0.1, 0.15) is 153 Å². The highest BCUT2D eigenvalue weighted by Gasteiger charge is 2.40. The zero-order valence-electron chi connectivity index (χ0n) is 25.9. The Morgan fingerprint density at radius 1 is 0.525 bits per heavy atom. The van der Waals surface area contributed by atoms with Crippen LogP contribution in [0.15, 0.2) is 48.5 Å². The highest BCUT2D eigenvalue weighted by atomic mass is 14.6. The first-order valence-electron chi connectivity index (χ1n) is 17.3. The average molecular weight is 545 g/mol. The summed E-state index contributed by atoms with van der Waals surface area (Å²) in [7, 11) is 0. The largest absolute Gasteiger partial charge is 0.399 e. The van der Waals surface area contributed by atoms with Gasteiger partial charge in [-0.1, -0.05) is 128 Å². The highest BCUT2D eigenvalue weighted by molar-refractivity contribution is 5.49. The van der Waals surface area contributed by atoms with Crippen LogP contribution >= 0.6 is 0 Å². The van der Waals surface area contributed by atoms with Crippen molar-refractivity contribution in [2.75, 3.05) is 11.5 Å². The normalized spacial score (nSPS) is 21.4. The second-order valence-electron chi connectivity index (χ2n) is 13.6. The molecule has 2 nitrogen and oxygen atoms in total. The molecule has 4 rings (SSSR count). The Morgan fingerprint density at radius 2 is 0.925 bits per heavy atom. The summed E-state index contributed by atoms with van der Waals surface area (Å²) >= 11 is 0. The minimum Gasteiger partial charge on any atom is -0.399 e. The minimum atomic E-state index is 0.101. The van der Waals surface area contributed by atoms with Crippen LogP contribution in [0.5, 0.6) is 0 Å². The van der Waals surface area contributed by atoms with Crippen molar-refractivity contribution < 1.29 is 0 Å². The molecular formula is C38H60N2. The number of nitrogen functional groups attached to an aromatic ring is 2. The second-order valence-corrected chi connectivity index (χ2v) is 13.6. The molecule has 2 aliphatic rings. The van der Waals surface area contributed by atoms with E-state index >= 15 is 0 Å². The van der Waals surface area contributed by atoms with Crippen LogP contribution in [0, 0.1) is 17.8 Å². The first-order valence-corrected chi connectivity index (χ1v) is 17.3. The summed E-state index contributed by atoms with van der Waals surface area (Å²) in [6.07, 6.45) is 30.1. The van der Waals surface area contributed by atoms with Gasteiger partial charge in [-0.15, -0.1) is 0 Å². The molecule has 2 aromatic carbocycles. The van der Waals surface area contributed by atoms with Crippen molar-refractivity contribution in [1.29, 1.82) is 0 Å². The van der Waals surface area contributed by atoms with Gasteiger partial charge < -0.3 is 11.5 Å². The molecule has 222 valence electrons. The molecule has 0 aliphatic heterocycles. The van der Waals surface area contributed by atoms with E-state index in [1.54, 1.807) is 0 Å². The van der Waals surface area contributed by atoms with Gasteiger partial charge in [-0.05, 0) is 91.7 Å². The lowest BCUT2D eigenvalue weighted by atomic mass is 9.60. The van der Waals surface area contributed by atoms with E-state index in [4.69, 9.17) is 11.5 Å². The number of benzene rings is 2. The van der Waals surface area contributed by atoms with Crippen molar-refractivity contribution in [3.05, 3.63) is 59.7 Å². The zero-order chi connectivity index (χ0) is 28.0. The Labute approximate surface area is 247 Å². The van der Waals surface area contributed by atoms with Crippen LogP contribution < -0.4 is 11.5 Å². The number of hydrogen-bond donors (Lipinski definition) is 2. The second kappa shape index (κ2) is 16.5. The summed E-state index contributed by atoms with van der Waals surface area (Å²) in [5.74, 6) is 2.86. The maximum atomic E-state index is 6.06. The smallest absolute Gasteiger partial charge is 0.0314 e. The first kappa shape index (κ1) is 31.0. The molecule has 0 aromatic heterocycles. The molecule has 40 heavy (non-hydrogen) atoms. The van der Waals surface area contributed by atoms with Crippen LogP contribution in [-0.4, -0.2) is 0 Å². The van der Waals surface area contributed by atoms with E-state index < -0.39 is 0 Å². The van der Waals surface area contributed by atoms with Gasteiger partial charge in [-0.3, -0.25) is 0 Å². The molecule has 0 unspecified atom stereocenters. The molecule has 2 heteroatoms. The zero-order valence-corrected chi connectivity index (χ0v) is 25.9. The van der Waals surface area contributed by atoms with E-state index in [1.165, 1.54) is 146 Å². The molecule has 0 bridgehead atoms. The maximum Gasteiger partial charge on any atom is 0.0314 e. The summed E-state index contributed by atoms with van der Waals surface area (Å²) in [6.45, 7) is 2.31. The fraction of sp³-hybridized carbons (Fsp3) is 0.684. The summed E-state index contributed by atoms with van der Waals surface area (Å²) in [6, 6.07) is 17.4. The predicted octanol–water partition coefficient (Wildman–Crippen LogP) is 11.2. The standard InChI is InChI=1S/C38H60N2/c1-2-3-4-5-6-7-8-9-10-11-12-13-14-31-15-17-32(18-16-31)33-27-29-38(30-28-33,34-19-23-36(39)24-20-34)35-21-25-37(40)26-22-35/h19-26,31-33H,2-18,27-30,39-40H2,1H3. The number of unbranched alkanes of at least 4 members (excludes halogenated alkanes) is 11. The lowest BCUT2D eigenvalue weighted by Crippen LogP contribution is -2.36. The van der Waals surface area contributed by atoms with Crippen LogP contribution in [0.4, 0.5) is 11.4 Å². The first-order chi connectivity index (χ1) is 19.6. The van der Waals surface area contributed by atoms with Crippen molar-refractivity contribution >= 4 is 11.4 Å². The Morgan fingerprint density at radius 3 is 1.38 bits per heavy atom. The van der Waals surface area contributed by atoms with Gasteiger partial charge in [-0.2, -0.15) is 0 Å². The summed E-state index contributed by atoms with van der Waals surface area (Å²) < 4.78 is 0. The van der Waals surface area contributed by atoms with E-state index in [0.29, 0.717) is 0 Å². The monoisotopic (exact) mass is 544 g/mol. The van der Waals surface area contributed by atoms with E-state index in [2.05, 4.69) is 55.5 Å². The van der Waals surface area contributed by atoms with Gasteiger partial charge in [0.15, 0.2) is 0 Å². The molecule has 0 radical (unpaired) electrons. The van der Waals surface area contributed by atoms with E-state index in [-0.39, 0.29) is 5.41 Å². The number of nitrogens with two attached hydrogens (primary N) is 2. The van der Waals surface area contributed by atoms with Gasteiger partial charge in [0.05, 0.1) is 0 Å². The minimum absolute atomic E-state index is 0.101. The number of hydrogen-bond acceptors (Lipinski definition) is 2. The number of rotatable bonds is 16. The predicted molar refractivity (Wildman–Crippen MR) is 176 cm³/mol. The quantitative estimate of drug-likeness (QED) is 0.163. The fourth-order valence-electron chi connectivity index (χ4n) is 8.17. The molecule has 0 amide bonds. The highest BCUT2D eigenvalue weighted by Crippen LogP contribution is 2.50. The third kappa shape index (κ3) is 9.02. The van der Waals surface area contributed by atoms with Crippen LogP contribution in [-0.2, 0) is 5.41 Å². The third-order valence-electron chi connectivity index (χ3n) is 10.8. The van der Waals surface area contributed by atoms with Gasteiger partial charge in [0.1, 0.15) is 0 Å². The van der Waals surface area contributed by atoms with Gasteiger partial charge in [0.25, 0.3) is 0 Å². The van der Waals surface area contributed by atoms with Crippen LogP contribution in [0.25, 0.3) is 0 Å². The molecule has 0 heterocycles. The molecule has 2 fully saturated rings. The summed E-state index contributed by atoms with van der Waals surface area (Å²) in [4.78, 5) is 0. The lowest BCUT2D eigenvalue weighted by molar-refractivity contribution is 0.140. The van der Waals surface area contributed by atoms with Gasteiger partial charge in [0, 0.05) is 16.8 Å². The molecular weight excluding hydrogens is 484 g/mol. The molecule has 2 aliphatic carbocycles. The molecule has 4 N–H and O–H groups in total. The summed E-state index contributed by atoms with van der Waals surface area (Å²) in [5, 5.41) is 0. The van der Waals surface area contributed by atoms with Gasteiger partial charge in [-0.25, -0.2) is 0 Å². The Bertz CT molecular complexity index is 883. The Balaban J connectivity index is 1.14. The average Bonchev–Trinajstić information content (AvgIpc) is 2.99. The molecule has 0 saturated heterocycles. The maximum absolute atomic E-state index is 6.06. The molecule has 2 aromatic rings. The Hall–Kier alpha value is -1.96. The van der Waals surface area contributed by atoms with Crippen molar-refractivity contribution in [3.8, 4) is 0 Å². The molecule has 0 spiro atoms. The van der Waals surface area contributed by atoms with E-state index in [1.807, 2.05) is 0 Å². The summed E-state index contributed by atoms with van der Waals surface area (Å²) in [5.41, 5.74) is 16.8. The SMILES string of the molecule is CCCCCCCCCCCCCCC1CCC(C2CCC(c3ccc(N)cc3)(c3ccc(N)cc3)CC2)CC1. The molecule has 2 saturated carbocycles. The van der Waals surface area contributed by atoms with E-state index in [9.17, 15) is 0 Å². The molecule has 0 atom stereocenters. The topological polar surface area (TPSA) is 52.0 Å².